The van der Waals surface area contributed by atoms with Gasteiger partial charge in [-0.2, -0.15) is 0 Å². The highest BCUT2D eigenvalue weighted by Gasteiger charge is 2.44. The number of carbonyl (C=O) groups is 1. The fourth-order valence-corrected chi connectivity index (χ4v) is 4.24. The lowest BCUT2D eigenvalue weighted by Gasteiger charge is -2.26. The first-order chi connectivity index (χ1) is 14.4. The van der Waals surface area contributed by atoms with Crippen LogP contribution in [0.15, 0.2) is 29.3 Å². The van der Waals surface area contributed by atoms with Gasteiger partial charge in [-0.05, 0) is 63.3 Å². The Morgan fingerprint density at radius 2 is 2.10 bits per heavy atom. The van der Waals surface area contributed by atoms with Crippen LogP contribution in [0.3, 0.4) is 0 Å². The molecule has 1 unspecified atom stereocenters. The third-order valence-corrected chi connectivity index (χ3v) is 6.18. The summed E-state index contributed by atoms with van der Waals surface area (Å²) in [5.74, 6) is 0.839. The number of likely N-dealkylation sites (tertiary alicyclic amines) is 1. The molecule has 31 heavy (non-hydrogen) atoms. The van der Waals surface area contributed by atoms with Crippen LogP contribution >= 0.6 is 24.0 Å². The second-order valence-electron chi connectivity index (χ2n) is 8.69. The molecule has 1 saturated carbocycles. The normalized spacial score (nSPS) is 20.1. The molecule has 1 aliphatic heterocycles. The maximum atomic E-state index is 13.6. The molecule has 1 heterocycles. The number of likely N-dealkylation sites (N-methyl/N-ethyl adjacent to an activating group) is 1. The van der Waals surface area contributed by atoms with Gasteiger partial charge in [0, 0.05) is 39.1 Å². The van der Waals surface area contributed by atoms with Gasteiger partial charge in [-0.15, -0.1) is 24.0 Å². The summed E-state index contributed by atoms with van der Waals surface area (Å²) in [6, 6.07) is 6.95. The van der Waals surface area contributed by atoms with E-state index in [0.29, 0.717) is 6.54 Å². The average molecular weight is 545 g/mol. The smallest absolute Gasteiger partial charge is 0.239 e. The summed E-state index contributed by atoms with van der Waals surface area (Å²) in [5.41, 5.74) is 1.03. The van der Waals surface area contributed by atoms with Crippen LogP contribution in [0, 0.1) is 5.82 Å². The zero-order valence-electron chi connectivity index (χ0n) is 19.0. The van der Waals surface area contributed by atoms with Crippen LogP contribution in [0.1, 0.15) is 44.6 Å². The van der Waals surface area contributed by atoms with E-state index in [-0.39, 0.29) is 47.2 Å². The number of aliphatic imine (C=N–C) groups is 1. The van der Waals surface area contributed by atoms with Crippen molar-refractivity contribution in [3.05, 3.63) is 35.6 Å². The molecule has 0 radical (unpaired) electrons. The van der Waals surface area contributed by atoms with Gasteiger partial charge in [0.15, 0.2) is 5.96 Å². The maximum Gasteiger partial charge on any atom is 0.239 e. The molecule has 1 saturated heterocycles. The Morgan fingerprint density at radius 3 is 2.74 bits per heavy atom. The molecular weight excluding hydrogens is 508 g/mol. The van der Waals surface area contributed by atoms with Crippen LogP contribution in [0.25, 0.3) is 0 Å². The highest BCUT2D eigenvalue weighted by atomic mass is 127. The number of hydrogen-bond donors (Lipinski definition) is 2. The molecule has 1 aromatic carbocycles. The maximum absolute atomic E-state index is 13.6. The Balaban J connectivity index is 0.00000341. The topological polar surface area (TPSA) is 60.0 Å². The second-order valence-corrected chi connectivity index (χ2v) is 8.69. The summed E-state index contributed by atoms with van der Waals surface area (Å²) in [7, 11) is 3.66. The Kier molecular flexibility index (Phi) is 9.99. The van der Waals surface area contributed by atoms with Crippen LogP contribution in [0.4, 0.5) is 4.39 Å². The quantitative estimate of drug-likeness (QED) is 0.217. The van der Waals surface area contributed by atoms with Gasteiger partial charge in [-0.25, -0.2) is 4.39 Å². The van der Waals surface area contributed by atoms with Gasteiger partial charge in [0.1, 0.15) is 5.82 Å². The van der Waals surface area contributed by atoms with E-state index in [0.717, 1.165) is 69.8 Å². The lowest BCUT2D eigenvalue weighted by molar-refractivity contribution is -0.133. The number of guanidine groups is 1. The van der Waals surface area contributed by atoms with Crippen LogP contribution < -0.4 is 10.6 Å². The number of rotatable bonds is 9. The van der Waals surface area contributed by atoms with Crippen LogP contribution in [-0.2, 0) is 10.2 Å². The third kappa shape index (κ3) is 7.03. The Hall–Kier alpha value is -1.42. The van der Waals surface area contributed by atoms with Gasteiger partial charge < -0.3 is 15.5 Å². The minimum absolute atomic E-state index is 0. The largest absolute Gasteiger partial charge is 0.357 e. The number of nitrogens with zero attached hydrogens (tertiary/aromatic N) is 3. The van der Waals surface area contributed by atoms with Crippen LogP contribution in [-0.4, -0.2) is 74.5 Å². The molecule has 2 fully saturated rings. The van der Waals surface area contributed by atoms with Crippen molar-refractivity contribution in [1.29, 1.82) is 0 Å². The first-order valence-electron chi connectivity index (χ1n) is 11.2. The van der Waals surface area contributed by atoms with E-state index in [2.05, 4.69) is 22.5 Å². The third-order valence-electron chi connectivity index (χ3n) is 6.18. The monoisotopic (exact) mass is 545 g/mol. The summed E-state index contributed by atoms with van der Waals surface area (Å²) in [5, 5.41) is 6.72. The van der Waals surface area contributed by atoms with Crippen LogP contribution in [0.5, 0.6) is 0 Å². The summed E-state index contributed by atoms with van der Waals surface area (Å²) in [6.07, 6.45) is 5.10. The van der Waals surface area contributed by atoms with Crippen molar-refractivity contribution < 1.29 is 9.18 Å². The number of benzene rings is 1. The van der Waals surface area contributed by atoms with Crippen molar-refractivity contribution in [3.63, 3.8) is 0 Å². The van der Waals surface area contributed by atoms with E-state index in [1.54, 1.807) is 17.0 Å². The van der Waals surface area contributed by atoms with Crippen molar-refractivity contribution >= 4 is 35.8 Å². The second kappa shape index (κ2) is 12.0. The fraction of sp³-hybridized carbons (Fsp3) is 0.652. The van der Waals surface area contributed by atoms with E-state index >= 15 is 0 Å². The fourth-order valence-electron chi connectivity index (χ4n) is 4.24. The predicted molar refractivity (Wildman–Crippen MR) is 135 cm³/mol. The summed E-state index contributed by atoms with van der Waals surface area (Å²) in [6.45, 7) is 6.22. The average Bonchev–Trinajstić information content (AvgIpc) is 3.38. The first kappa shape index (κ1) is 25.8. The molecule has 8 heteroatoms. The SMILES string of the molecule is CCNC(=NCC1(c2cccc(F)c2)CC1)NCCCN1CCCC1C(=O)N(C)C.I. The van der Waals surface area contributed by atoms with Crippen LogP contribution in [0.2, 0.25) is 0 Å². The molecule has 0 bridgehead atoms. The predicted octanol–water partition coefficient (Wildman–Crippen LogP) is 2.97. The number of nitrogens with one attached hydrogen (secondary N) is 2. The number of halogens is 2. The molecule has 1 aliphatic carbocycles. The summed E-state index contributed by atoms with van der Waals surface area (Å²) >= 11 is 0. The van der Waals surface area contributed by atoms with Gasteiger partial charge in [0.05, 0.1) is 12.6 Å². The highest BCUT2D eigenvalue weighted by molar-refractivity contribution is 14.0. The molecule has 0 spiro atoms. The molecule has 1 aromatic rings. The summed E-state index contributed by atoms with van der Waals surface area (Å²) in [4.78, 5) is 21.1. The molecule has 2 aliphatic rings. The summed E-state index contributed by atoms with van der Waals surface area (Å²) < 4.78 is 13.6. The molecule has 174 valence electrons. The minimum atomic E-state index is -0.180. The van der Waals surface area contributed by atoms with E-state index in [1.807, 2.05) is 20.2 Å². The molecule has 1 atom stereocenters. The van der Waals surface area contributed by atoms with Gasteiger partial charge in [0.2, 0.25) is 5.91 Å². The molecule has 3 rings (SSSR count). The van der Waals surface area contributed by atoms with Crippen molar-refractivity contribution in [2.75, 3.05) is 46.8 Å². The van der Waals surface area contributed by atoms with E-state index in [1.165, 1.54) is 6.07 Å². The highest BCUT2D eigenvalue weighted by Crippen LogP contribution is 2.48. The standard InChI is InChI=1S/C23H36FN5O.HI/c1-4-25-22(27-17-23(11-12-23)18-8-5-9-19(24)16-18)26-13-7-15-29-14-6-10-20(29)21(30)28(2)3;/h5,8-9,16,20H,4,6-7,10-15,17H2,1-3H3,(H2,25,26,27);1H. The Bertz CT molecular complexity index is 753. The van der Waals surface area contributed by atoms with Gasteiger partial charge >= 0.3 is 0 Å². The first-order valence-corrected chi connectivity index (χ1v) is 11.2. The number of amides is 1. The van der Waals surface area contributed by atoms with Crippen molar-refractivity contribution in [2.24, 2.45) is 4.99 Å². The Labute approximate surface area is 203 Å². The van der Waals surface area contributed by atoms with Crippen molar-refractivity contribution in [2.45, 2.75) is 50.5 Å². The lowest BCUT2D eigenvalue weighted by Crippen LogP contribution is -2.44. The van der Waals surface area contributed by atoms with Gasteiger partial charge in [-0.3, -0.25) is 14.7 Å². The zero-order chi connectivity index (χ0) is 21.6. The molecule has 0 aromatic heterocycles. The Morgan fingerprint density at radius 1 is 1.32 bits per heavy atom. The molecule has 2 N–H and O–H groups in total. The van der Waals surface area contributed by atoms with Gasteiger partial charge in [0.25, 0.3) is 0 Å². The van der Waals surface area contributed by atoms with Crippen molar-refractivity contribution in [1.82, 2.24) is 20.4 Å². The molecular formula is C23H37FIN5O. The number of hydrogen-bond acceptors (Lipinski definition) is 3. The minimum Gasteiger partial charge on any atom is -0.357 e. The van der Waals surface area contributed by atoms with Gasteiger partial charge in [-0.1, -0.05) is 12.1 Å². The van der Waals surface area contributed by atoms with Crippen molar-refractivity contribution in [3.8, 4) is 0 Å². The van der Waals surface area contributed by atoms with E-state index in [4.69, 9.17) is 4.99 Å². The van der Waals surface area contributed by atoms with E-state index in [9.17, 15) is 9.18 Å². The number of carbonyl (C=O) groups excluding carboxylic acids is 1. The zero-order valence-corrected chi connectivity index (χ0v) is 21.3. The van der Waals surface area contributed by atoms with E-state index < -0.39 is 0 Å². The lowest BCUT2D eigenvalue weighted by atomic mass is 9.96. The molecule has 1 amide bonds. The molecule has 6 nitrogen and oxygen atoms in total.